The van der Waals surface area contributed by atoms with E-state index < -0.39 is 0 Å². The van der Waals surface area contributed by atoms with Crippen LogP contribution in [0.3, 0.4) is 0 Å². The molecule has 0 amide bonds. The first-order valence-corrected chi connectivity index (χ1v) is 8.86. The largest absolute Gasteiger partial charge is 0.320 e. The molecule has 0 spiro atoms. The lowest BCUT2D eigenvalue weighted by Crippen LogP contribution is -2.36. The van der Waals surface area contributed by atoms with Crippen LogP contribution in [0.4, 0.5) is 0 Å². The summed E-state index contributed by atoms with van der Waals surface area (Å²) in [7, 11) is 0. The molecule has 2 heteroatoms. The number of hydrogen-bond donors (Lipinski definition) is 0. The Balaban J connectivity index is 1.86. The fourth-order valence-electron chi connectivity index (χ4n) is 3.68. The van der Waals surface area contributed by atoms with Crippen LogP contribution in [0.2, 0.25) is 0 Å². The number of aromatic nitrogens is 2. The van der Waals surface area contributed by atoms with Gasteiger partial charge < -0.3 is 4.40 Å². The van der Waals surface area contributed by atoms with Crippen molar-refractivity contribution < 1.29 is 4.57 Å². The number of fused-ring (bicyclic) bond motifs is 2. The SMILES string of the molecule is CC[n+]1c(/C=C/c2c(C)c(C)n3ccccc23)ccc2ccccc21. The molecule has 2 nitrogen and oxygen atoms in total. The van der Waals surface area contributed by atoms with E-state index in [9.17, 15) is 0 Å². The third-order valence-electron chi connectivity index (χ3n) is 5.15. The van der Waals surface area contributed by atoms with E-state index in [1.54, 1.807) is 0 Å². The first kappa shape index (κ1) is 15.6. The van der Waals surface area contributed by atoms with Crippen molar-refractivity contribution in [2.75, 3.05) is 0 Å². The van der Waals surface area contributed by atoms with Gasteiger partial charge in [0.2, 0.25) is 11.2 Å². The molecular formula is C23H23N2+. The monoisotopic (exact) mass is 327 g/mol. The number of aryl methyl sites for hydroxylation is 2. The van der Waals surface area contributed by atoms with Crippen molar-refractivity contribution in [2.45, 2.75) is 27.3 Å². The van der Waals surface area contributed by atoms with Gasteiger partial charge in [-0.2, -0.15) is 4.57 Å². The van der Waals surface area contributed by atoms with E-state index in [4.69, 9.17) is 0 Å². The molecule has 0 aliphatic carbocycles. The van der Waals surface area contributed by atoms with Gasteiger partial charge in [-0.3, -0.25) is 0 Å². The maximum atomic E-state index is 2.37. The van der Waals surface area contributed by atoms with Crippen LogP contribution in [0.5, 0.6) is 0 Å². The van der Waals surface area contributed by atoms with Crippen molar-refractivity contribution in [3.63, 3.8) is 0 Å². The molecule has 3 aromatic heterocycles. The molecule has 0 saturated heterocycles. The van der Waals surface area contributed by atoms with Gasteiger partial charge in [-0.05, 0) is 56.7 Å². The Labute approximate surface area is 148 Å². The average Bonchev–Trinajstić information content (AvgIpc) is 2.90. The maximum absolute atomic E-state index is 2.37. The molecule has 0 radical (unpaired) electrons. The fraction of sp³-hybridized carbons (Fsp3) is 0.174. The van der Waals surface area contributed by atoms with E-state index in [0.717, 1.165) is 6.54 Å². The zero-order chi connectivity index (χ0) is 17.4. The molecule has 0 aliphatic heterocycles. The molecule has 0 saturated carbocycles. The maximum Gasteiger partial charge on any atom is 0.212 e. The second kappa shape index (κ2) is 6.21. The van der Waals surface area contributed by atoms with Crippen LogP contribution in [0, 0.1) is 13.8 Å². The minimum Gasteiger partial charge on any atom is -0.320 e. The van der Waals surface area contributed by atoms with Gasteiger partial charge >= 0.3 is 0 Å². The van der Waals surface area contributed by atoms with Gasteiger partial charge in [-0.25, -0.2) is 0 Å². The second-order valence-electron chi connectivity index (χ2n) is 6.47. The molecule has 3 heterocycles. The molecule has 25 heavy (non-hydrogen) atoms. The second-order valence-corrected chi connectivity index (χ2v) is 6.47. The van der Waals surface area contributed by atoms with Crippen molar-refractivity contribution in [2.24, 2.45) is 0 Å². The number of benzene rings is 1. The van der Waals surface area contributed by atoms with Crippen LogP contribution in [-0.4, -0.2) is 4.40 Å². The summed E-state index contributed by atoms with van der Waals surface area (Å²) >= 11 is 0. The Hall–Kier alpha value is -2.87. The zero-order valence-corrected chi connectivity index (χ0v) is 15.0. The van der Waals surface area contributed by atoms with Crippen LogP contribution in [0.1, 0.15) is 29.4 Å². The van der Waals surface area contributed by atoms with Gasteiger partial charge in [0.25, 0.3) is 0 Å². The highest BCUT2D eigenvalue weighted by atomic mass is 15.0. The standard InChI is InChI=1S/C23H23N2/c1-4-24-20(13-12-19-9-5-6-10-22(19)24)14-15-21-17(2)18(3)25-16-8-7-11-23(21)25/h5-16H,4H2,1-3H3/q+1. The first-order valence-electron chi connectivity index (χ1n) is 8.86. The molecule has 4 aromatic rings. The number of pyridine rings is 2. The smallest absolute Gasteiger partial charge is 0.212 e. The number of hydrogen-bond acceptors (Lipinski definition) is 0. The Morgan fingerprint density at radius 3 is 2.56 bits per heavy atom. The Kier molecular flexibility index (Phi) is 3.89. The van der Waals surface area contributed by atoms with Gasteiger partial charge in [0.15, 0.2) is 0 Å². The summed E-state index contributed by atoms with van der Waals surface area (Å²) in [6.07, 6.45) is 6.63. The van der Waals surface area contributed by atoms with Crippen LogP contribution >= 0.6 is 0 Å². The fourth-order valence-corrected chi connectivity index (χ4v) is 3.68. The van der Waals surface area contributed by atoms with Crippen molar-refractivity contribution >= 4 is 28.6 Å². The van der Waals surface area contributed by atoms with Gasteiger partial charge in [-0.15, -0.1) is 0 Å². The van der Waals surface area contributed by atoms with Gasteiger partial charge in [0.1, 0.15) is 6.54 Å². The molecule has 0 aliphatic rings. The lowest BCUT2D eigenvalue weighted by atomic mass is 10.1. The minimum atomic E-state index is 0.954. The quantitative estimate of drug-likeness (QED) is 0.458. The number of rotatable bonds is 3. The van der Waals surface area contributed by atoms with E-state index in [1.165, 1.54) is 38.9 Å². The Bertz CT molecular complexity index is 1100. The third kappa shape index (κ3) is 2.54. The van der Waals surface area contributed by atoms with Gasteiger partial charge in [0, 0.05) is 41.0 Å². The third-order valence-corrected chi connectivity index (χ3v) is 5.15. The summed E-state index contributed by atoms with van der Waals surface area (Å²) in [6, 6.07) is 19.4. The van der Waals surface area contributed by atoms with E-state index >= 15 is 0 Å². The van der Waals surface area contributed by atoms with Crippen LogP contribution in [0.25, 0.3) is 28.6 Å². The molecule has 1 aromatic carbocycles. The van der Waals surface area contributed by atoms with Crippen molar-refractivity contribution in [1.29, 1.82) is 0 Å². The molecule has 0 bridgehead atoms. The average molecular weight is 327 g/mol. The number of para-hydroxylation sites is 1. The van der Waals surface area contributed by atoms with Crippen LogP contribution < -0.4 is 4.57 Å². The molecule has 4 rings (SSSR count). The summed E-state index contributed by atoms with van der Waals surface area (Å²) in [5, 5.41) is 1.28. The summed E-state index contributed by atoms with van der Waals surface area (Å²) in [4.78, 5) is 0. The first-order chi connectivity index (χ1) is 12.2. The van der Waals surface area contributed by atoms with Crippen LogP contribution in [0.15, 0.2) is 60.8 Å². The summed E-state index contributed by atoms with van der Waals surface area (Å²) in [5.74, 6) is 0. The molecule has 124 valence electrons. The van der Waals surface area contributed by atoms with Crippen molar-refractivity contribution in [1.82, 2.24) is 4.40 Å². The molecule has 0 fully saturated rings. The minimum absolute atomic E-state index is 0.954. The molecular weight excluding hydrogens is 304 g/mol. The molecule has 0 unspecified atom stereocenters. The lowest BCUT2D eigenvalue weighted by Gasteiger charge is -2.02. The highest BCUT2D eigenvalue weighted by Gasteiger charge is 2.13. The normalized spacial score (nSPS) is 11.8. The Morgan fingerprint density at radius 2 is 1.72 bits per heavy atom. The molecule has 0 atom stereocenters. The van der Waals surface area contributed by atoms with E-state index in [2.05, 4.69) is 103 Å². The van der Waals surface area contributed by atoms with E-state index in [0.29, 0.717) is 0 Å². The van der Waals surface area contributed by atoms with E-state index in [1.807, 2.05) is 0 Å². The highest BCUT2D eigenvalue weighted by Crippen LogP contribution is 2.24. The zero-order valence-electron chi connectivity index (χ0n) is 15.0. The predicted octanol–water partition coefficient (Wildman–Crippen LogP) is 5.19. The van der Waals surface area contributed by atoms with E-state index in [-0.39, 0.29) is 0 Å². The summed E-state index contributed by atoms with van der Waals surface area (Å²) in [6.45, 7) is 7.54. The van der Waals surface area contributed by atoms with Crippen molar-refractivity contribution in [3.05, 3.63) is 83.3 Å². The van der Waals surface area contributed by atoms with Crippen LogP contribution in [-0.2, 0) is 6.54 Å². The topological polar surface area (TPSA) is 8.29 Å². The summed E-state index contributed by atoms with van der Waals surface area (Å²) in [5.41, 5.74) is 7.71. The highest BCUT2D eigenvalue weighted by molar-refractivity contribution is 5.82. The Morgan fingerprint density at radius 1 is 0.920 bits per heavy atom. The van der Waals surface area contributed by atoms with Gasteiger partial charge in [0.05, 0.1) is 5.52 Å². The van der Waals surface area contributed by atoms with Crippen molar-refractivity contribution in [3.8, 4) is 0 Å². The predicted molar refractivity (Wildman–Crippen MR) is 106 cm³/mol. The number of nitrogens with zero attached hydrogens (tertiary/aromatic N) is 2. The lowest BCUT2D eigenvalue weighted by molar-refractivity contribution is -0.669. The van der Waals surface area contributed by atoms with Gasteiger partial charge in [-0.1, -0.05) is 18.2 Å². The molecule has 0 N–H and O–H groups in total. The summed E-state index contributed by atoms with van der Waals surface area (Å²) < 4.78 is 4.63.